The number of methoxy groups -OCH3 is 1. The molecule has 1 fully saturated rings. The van der Waals surface area contributed by atoms with Gasteiger partial charge in [-0.2, -0.15) is 0 Å². The van der Waals surface area contributed by atoms with E-state index in [0.717, 1.165) is 33.0 Å². The molecule has 6 heteroatoms. The smallest absolute Gasteiger partial charge is 0.340 e. The zero-order valence-corrected chi connectivity index (χ0v) is 12.3. The summed E-state index contributed by atoms with van der Waals surface area (Å²) in [6.45, 7) is 4.25. The SMILES string of the molecule is CCCN(c1ccc(C(=O)OC)c(F)c1F)C1CCNC1. The number of hydrogen-bond acceptors (Lipinski definition) is 4. The van der Waals surface area contributed by atoms with E-state index in [1.807, 2.05) is 11.8 Å². The third kappa shape index (κ3) is 3.15. The van der Waals surface area contributed by atoms with Gasteiger partial charge in [0.05, 0.1) is 18.4 Å². The van der Waals surface area contributed by atoms with Gasteiger partial charge in [0.25, 0.3) is 0 Å². The van der Waals surface area contributed by atoms with Gasteiger partial charge in [0, 0.05) is 19.1 Å². The van der Waals surface area contributed by atoms with Crippen molar-refractivity contribution in [2.45, 2.75) is 25.8 Å². The van der Waals surface area contributed by atoms with Crippen molar-refractivity contribution in [3.05, 3.63) is 29.3 Å². The van der Waals surface area contributed by atoms with E-state index in [-0.39, 0.29) is 17.3 Å². The van der Waals surface area contributed by atoms with E-state index >= 15 is 0 Å². The minimum Gasteiger partial charge on any atom is -0.465 e. The second-order valence-electron chi connectivity index (χ2n) is 5.09. The topological polar surface area (TPSA) is 41.6 Å². The van der Waals surface area contributed by atoms with E-state index in [0.29, 0.717) is 6.54 Å². The number of carbonyl (C=O) groups is 1. The quantitative estimate of drug-likeness (QED) is 0.847. The van der Waals surface area contributed by atoms with E-state index in [4.69, 9.17) is 0 Å². The first-order chi connectivity index (χ1) is 10.1. The summed E-state index contributed by atoms with van der Waals surface area (Å²) in [6, 6.07) is 2.88. The summed E-state index contributed by atoms with van der Waals surface area (Å²) in [7, 11) is 1.14. The van der Waals surface area contributed by atoms with Crippen molar-refractivity contribution in [1.82, 2.24) is 5.32 Å². The summed E-state index contributed by atoms with van der Waals surface area (Å²) in [6.07, 6.45) is 1.72. The van der Waals surface area contributed by atoms with E-state index in [1.165, 1.54) is 12.1 Å². The second kappa shape index (κ2) is 6.85. The molecule has 0 bridgehead atoms. The van der Waals surface area contributed by atoms with E-state index < -0.39 is 17.6 Å². The maximum absolute atomic E-state index is 14.3. The second-order valence-corrected chi connectivity index (χ2v) is 5.09. The number of rotatable bonds is 5. The number of nitrogens with one attached hydrogen (secondary N) is 1. The van der Waals surface area contributed by atoms with Crippen molar-refractivity contribution >= 4 is 11.7 Å². The van der Waals surface area contributed by atoms with Crippen molar-refractivity contribution in [3.63, 3.8) is 0 Å². The molecule has 0 spiro atoms. The first-order valence-electron chi connectivity index (χ1n) is 7.13. The van der Waals surface area contributed by atoms with Crippen LogP contribution in [0.15, 0.2) is 12.1 Å². The summed E-state index contributed by atoms with van der Waals surface area (Å²) >= 11 is 0. The Morgan fingerprint density at radius 2 is 2.19 bits per heavy atom. The lowest BCUT2D eigenvalue weighted by molar-refractivity contribution is 0.0594. The highest BCUT2D eigenvalue weighted by molar-refractivity contribution is 5.90. The lowest BCUT2D eigenvalue weighted by atomic mass is 10.1. The number of nitrogens with zero attached hydrogens (tertiary/aromatic N) is 1. The van der Waals surface area contributed by atoms with Crippen LogP contribution in [0.5, 0.6) is 0 Å². The molecule has 1 aliphatic rings. The molecule has 116 valence electrons. The zero-order valence-electron chi connectivity index (χ0n) is 12.3. The molecule has 4 nitrogen and oxygen atoms in total. The highest BCUT2D eigenvalue weighted by atomic mass is 19.2. The van der Waals surface area contributed by atoms with Gasteiger partial charge in [-0.1, -0.05) is 6.92 Å². The Morgan fingerprint density at radius 3 is 2.76 bits per heavy atom. The summed E-state index contributed by atoms with van der Waals surface area (Å²) < 4.78 is 32.9. The molecule has 0 amide bonds. The predicted molar refractivity (Wildman–Crippen MR) is 76.6 cm³/mol. The van der Waals surface area contributed by atoms with E-state index in [9.17, 15) is 13.6 Å². The van der Waals surface area contributed by atoms with Gasteiger partial charge in [0.15, 0.2) is 11.6 Å². The summed E-state index contributed by atoms with van der Waals surface area (Å²) in [5, 5.41) is 3.22. The summed E-state index contributed by atoms with van der Waals surface area (Å²) in [4.78, 5) is 13.3. The maximum Gasteiger partial charge on any atom is 0.340 e. The van der Waals surface area contributed by atoms with Crippen LogP contribution in [0.3, 0.4) is 0 Å². The van der Waals surface area contributed by atoms with Gasteiger partial charge in [-0.15, -0.1) is 0 Å². The molecule has 0 saturated carbocycles. The van der Waals surface area contributed by atoms with Gasteiger partial charge >= 0.3 is 5.97 Å². The molecule has 1 atom stereocenters. The van der Waals surface area contributed by atoms with Crippen LogP contribution in [0.25, 0.3) is 0 Å². The van der Waals surface area contributed by atoms with Crippen LogP contribution in [0.1, 0.15) is 30.1 Å². The van der Waals surface area contributed by atoms with Gasteiger partial charge in [0.2, 0.25) is 0 Å². The molecule has 0 aliphatic carbocycles. The molecular formula is C15H20F2N2O2. The number of hydrogen-bond donors (Lipinski definition) is 1. The molecule has 1 aromatic rings. The molecule has 21 heavy (non-hydrogen) atoms. The highest BCUT2D eigenvalue weighted by Gasteiger charge is 2.27. The molecule has 1 N–H and O–H groups in total. The van der Waals surface area contributed by atoms with Gasteiger partial charge in [-0.05, 0) is 31.5 Å². The number of esters is 1. The Bertz CT molecular complexity index is 517. The lowest BCUT2D eigenvalue weighted by Crippen LogP contribution is -2.38. The molecule has 1 heterocycles. The Kier molecular flexibility index (Phi) is 5.12. The molecule has 0 aromatic heterocycles. The average Bonchev–Trinajstić information content (AvgIpc) is 3.01. The van der Waals surface area contributed by atoms with E-state index in [1.54, 1.807) is 0 Å². The Labute approximate surface area is 123 Å². The minimum absolute atomic E-state index is 0.142. The van der Waals surface area contributed by atoms with Crippen LogP contribution in [0, 0.1) is 11.6 Å². The molecule has 1 aromatic carbocycles. The molecule has 0 radical (unpaired) electrons. The van der Waals surface area contributed by atoms with Gasteiger partial charge in [-0.25, -0.2) is 13.6 Å². The molecule has 2 rings (SSSR count). The normalized spacial score (nSPS) is 17.8. The summed E-state index contributed by atoms with van der Waals surface area (Å²) in [5.41, 5.74) is -0.171. The van der Waals surface area contributed by atoms with Crippen LogP contribution < -0.4 is 10.2 Å². The van der Waals surface area contributed by atoms with Crippen molar-refractivity contribution in [1.29, 1.82) is 0 Å². The minimum atomic E-state index is -1.15. The Balaban J connectivity index is 2.37. The first-order valence-corrected chi connectivity index (χ1v) is 7.13. The van der Waals surface area contributed by atoms with Crippen LogP contribution in [0.2, 0.25) is 0 Å². The van der Waals surface area contributed by atoms with Crippen LogP contribution in [-0.2, 0) is 4.74 Å². The van der Waals surface area contributed by atoms with Crippen LogP contribution in [-0.4, -0.2) is 38.8 Å². The third-order valence-electron chi connectivity index (χ3n) is 3.72. The fraction of sp³-hybridized carbons (Fsp3) is 0.533. The third-order valence-corrected chi connectivity index (χ3v) is 3.72. The van der Waals surface area contributed by atoms with Gasteiger partial charge in [0.1, 0.15) is 0 Å². The van der Waals surface area contributed by atoms with Crippen LogP contribution >= 0.6 is 0 Å². The maximum atomic E-state index is 14.3. The van der Waals surface area contributed by atoms with Crippen molar-refractivity contribution in [2.75, 3.05) is 31.6 Å². The first kappa shape index (κ1) is 15.7. The fourth-order valence-corrected chi connectivity index (χ4v) is 2.67. The average molecular weight is 298 g/mol. The lowest BCUT2D eigenvalue weighted by Gasteiger charge is -2.31. The monoisotopic (exact) mass is 298 g/mol. The molecule has 1 unspecified atom stereocenters. The number of halogens is 2. The zero-order chi connectivity index (χ0) is 15.4. The molecule has 1 saturated heterocycles. The summed E-state index contributed by atoms with van der Waals surface area (Å²) in [5.74, 6) is -3.01. The Morgan fingerprint density at radius 1 is 1.43 bits per heavy atom. The Hall–Kier alpha value is -1.69. The molecule has 1 aliphatic heterocycles. The standard InChI is InChI=1S/C15H20F2N2O2/c1-3-8-19(10-6-7-18-9-10)12-5-4-11(15(20)21-2)13(16)14(12)17/h4-5,10,18H,3,6-9H2,1-2H3. The van der Waals surface area contributed by atoms with Gasteiger partial charge in [-0.3, -0.25) is 0 Å². The van der Waals surface area contributed by atoms with Crippen molar-refractivity contribution < 1.29 is 18.3 Å². The van der Waals surface area contributed by atoms with Crippen molar-refractivity contribution in [2.24, 2.45) is 0 Å². The number of anilines is 1. The van der Waals surface area contributed by atoms with Crippen molar-refractivity contribution in [3.8, 4) is 0 Å². The number of benzene rings is 1. The number of ether oxygens (including phenoxy) is 1. The fourth-order valence-electron chi connectivity index (χ4n) is 2.67. The van der Waals surface area contributed by atoms with Crippen LogP contribution in [0.4, 0.5) is 14.5 Å². The predicted octanol–water partition coefficient (Wildman–Crippen LogP) is 2.33. The highest BCUT2D eigenvalue weighted by Crippen LogP contribution is 2.28. The molecular weight excluding hydrogens is 278 g/mol. The van der Waals surface area contributed by atoms with E-state index in [2.05, 4.69) is 10.1 Å². The van der Waals surface area contributed by atoms with Gasteiger partial charge < -0.3 is 15.0 Å². The largest absolute Gasteiger partial charge is 0.465 e. The number of carbonyl (C=O) groups excluding carboxylic acids is 1.